The highest BCUT2D eigenvalue weighted by atomic mass is 32.2. The SMILES string of the molecule is CCC(C)NC(=O)Cn1cccc(S(=O)(=O)N2CCC(C)CC2)c1=O. The number of sulfonamides is 1. The van der Waals surface area contributed by atoms with E-state index in [0.717, 1.165) is 23.8 Å². The number of nitrogens with one attached hydrogen (secondary N) is 1. The van der Waals surface area contributed by atoms with E-state index in [0.29, 0.717) is 19.0 Å². The molecule has 1 saturated heterocycles. The molecule has 8 heteroatoms. The molecular weight excluding hydrogens is 342 g/mol. The second kappa shape index (κ2) is 8.14. The number of carbonyl (C=O) groups excluding carboxylic acids is 1. The minimum atomic E-state index is -3.83. The van der Waals surface area contributed by atoms with Crippen molar-refractivity contribution in [2.75, 3.05) is 13.1 Å². The third kappa shape index (κ3) is 4.70. The van der Waals surface area contributed by atoms with Crippen molar-refractivity contribution in [3.63, 3.8) is 0 Å². The van der Waals surface area contributed by atoms with E-state index in [1.807, 2.05) is 13.8 Å². The van der Waals surface area contributed by atoms with Gasteiger partial charge in [0.25, 0.3) is 5.56 Å². The van der Waals surface area contributed by atoms with Crippen LogP contribution in [0, 0.1) is 5.92 Å². The average Bonchev–Trinajstić information content (AvgIpc) is 2.56. The molecule has 2 rings (SSSR count). The van der Waals surface area contributed by atoms with Gasteiger partial charge in [0.15, 0.2) is 0 Å². The monoisotopic (exact) mass is 369 g/mol. The Balaban J connectivity index is 2.23. The largest absolute Gasteiger partial charge is 0.352 e. The standard InChI is InChI=1S/C17H27N3O4S/c1-4-14(3)18-16(21)12-19-9-5-6-15(17(19)22)25(23,24)20-10-7-13(2)8-11-20/h5-6,9,13-14H,4,7-8,10-12H2,1-3H3,(H,18,21). The molecule has 25 heavy (non-hydrogen) atoms. The molecule has 1 atom stereocenters. The van der Waals surface area contributed by atoms with Gasteiger partial charge in [0.05, 0.1) is 0 Å². The third-order valence-corrected chi connectivity index (χ3v) is 6.59. The van der Waals surface area contributed by atoms with Crippen molar-refractivity contribution in [2.45, 2.75) is 57.5 Å². The molecule has 2 heterocycles. The number of aromatic nitrogens is 1. The number of piperidine rings is 1. The molecule has 1 aliphatic rings. The highest BCUT2D eigenvalue weighted by Gasteiger charge is 2.30. The highest BCUT2D eigenvalue weighted by Crippen LogP contribution is 2.21. The quantitative estimate of drug-likeness (QED) is 0.816. The first kappa shape index (κ1) is 19.7. The van der Waals surface area contributed by atoms with Gasteiger partial charge in [-0.3, -0.25) is 9.59 Å². The molecule has 140 valence electrons. The van der Waals surface area contributed by atoms with Gasteiger partial charge in [-0.05, 0) is 44.2 Å². The Morgan fingerprint density at radius 2 is 2.00 bits per heavy atom. The van der Waals surface area contributed by atoms with Crippen LogP contribution in [0.15, 0.2) is 28.0 Å². The molecule has 0 bridgehead atoms. The summed E-state index contributed by atoms with van der Waals surface area (Å²) in [5.74, 6) is 0.181. The molecule has 1 N–H and O–H groups in total. The lowest BCUT2D eigenvalue weighted by atomic mass is 10.0. The highest BCUT2D eigenvalue weighted by molar-refractivity contribution is 7.89. The molecule has 1 aromatic rings. The summed E-state index contributed by atoms with van der Waals surface area (Å²) in [7, 11) is -3.83. The number of hydrogen-bond acceptors (Lipinski definition) is 4. The Bertz CT molecular complexity index is 764. The lowest BCUT2D eigenvalue weighted by Gasteiger charge is -2.29. The summed E-state index contributed by atoms with van der Waals surface area (Å²) in [6, 6.07) is 2.82. The van der Waals surface area contributed by atoms with Gasteiger partial charge in [-0.1, -0.05) is 13.8 Å². The molecule has 1 unspecified atom stereocenters. The Hall–Kier alpha value is -1.67. The zero-order valence-electron chi connectivity index (χ0n) is 15.1. The van der Waals surface area contributed by atoms with Crippen LogP contribution in [0.4, 0.5) is 0 Å². The number of nitrogens with zero attached hydrogens (tertiary/aromatic N) is 2. The van der Waals surface area contributed by atoms with E-state index in [2.05, 4.69) is 12.2 Å². The zero-order valence-corrected chi connectivity index (χ0v) is 15.9. The number of rotatable bonds is 6. The van der Waals surface area contributed by atoms with Crippen LogP contribution in [-0.4, -0.2) is 42.3 Å². The average molecular weight is 369 g/mol. The minimum absolute atomic E-state index is 0.00505. The maximum absolute atomic E-state index is 12.8. The van der Waals surface area contributed by atoms with Crippen LogP contribution < -0.4 is 10.9 Å². The summed E-state index contributed by atoms with van der Waals surface area (Å²) in [6.45, 7) is 6.57. The van der Waals surface area contributed by atoms with Crippen LogP contribution in [0.3, 0.4) is 0 Å². The second-order valence-electron chi connectivity index (χ2n) is 6.77. The van der Waals surface area contributed by atoms with Gasteiger partial charge in [-0.15, -0.1) is 0 Å². The lowest BCUT2D eigenvalue weighted by Crippen LogP contribution is -2.42. The molecule has 1 fully saturated rings. The molecular formula is C17H27N3O4S. The summed E-state index contributed by atoms with van der Waals surface area (Å²) >= 11 is 0. The van der Waals surface area contributed by atoms with E-state index in [1.165, 1.54) is 22.6 Å². The summed E-state index contributed by atoms with van der Waals surface area (Å²) < 4.78 is 28.1. The Kier molecular flexibility index (Phi) is 6.40. The number of hydrogen-bond donors (Lipinski definition) is 1. The predicted octanol–water partition coefficient (Wildman–Crippen LogP) is 1.18. The van der Waals surface area contributed by atoms with Crippen molar-refractivity contribution in [1.82, 2.24) is 14.2 Å². The second-order valence-corrected chi connectivity index (χ2v) is 8.68. The Labute approximate surface area is 149 Å². The molecule has 1 aromatic heterocycles. The van der Waals surface area contributed by atoms with Gasteiger partial charge in [0.1, 0.15) is 11.4 Å². The van der Waals surface area contributed by atoms with Crippen LogP contribution >= 0.6 is 0 Å². The molecule has 0 radical (unpaired) electrons. The molecule has 7 nitrogen and oxygen atoms in total. The minimum Gasteiger partial charge on any atom is -0.352 e. The number of carbonyl (C=O) groups is 1. The fourth-order valence-corrected chi connectivity index (χ4v) is 4.34. The Morgan fingerprint density at radius 3 is 2.60 bits per heavy atom. The van der Waals surface area contributed by atoms with E-state index in [9.17, 15) is 18.0 Å². The molecule has 1 amide bonds. The van der Waals surface area contributed by atoms with Crippen LogP contribution in [0.5, 0.6) is 0 Å². The molecule has 0 aliphatic carbocycles. The fourth-order valence-electron chi connectivity index (χ4n) is 2.78. The zero-order chi connectivity index (χ0) is 18.6. The first-order chi connectivity index (χ1) is 11.8. The van der Waals surface area contributed by atoms with E-state index < -0.39 is 15.6 Å². The number of amides is 1. The van der Waals surface area contributed by atoms with Crippen molar-refractivity contribution in [1.29, 1.82) is 0 Å². The van der Waals surface area contributed by atoms with Crippen molar-refractivity contribution in [3.8, 4) is 0 Å². The van der Waals surface area contributed by atoms with E-state index in [4.69, 9.17) is 0 Å². The topological polar surface area (TPSA) is 88.5 Å². The fraction of sp³-hybridized carbons (Fsp3) is 0.647. The third-order valence-electron chi connectivity index (χ3n) is 4.68. The van der Waals surface area contributed by atoms with E-state index in [-0.39, 0.29) is 23.4 Å². The van der Waals surface area contributed by atoms with Crippen LogP contribution in [0.1, 0.15) is 40.0 Å². The van der Waals surface area contributed by atoms with Crippen molar-refractivity contribution in [2.24, 2.45) is 5.92 Å². The molecule has 0 spiro atoms. The first-order valence-corrected chi connectivity index (χ1v) is 10.2. The van der Waals surface area contributed by atoms with E-state index in [1.54, 1.807) is 0 Å². The van der Waals surface area contributed by atoms with Gasteiger partial charge < -0.3 is 9.88 Å². The summed E-state index contributed by atoms with van der Waals surface area (Å²) in [6.07, 6.45) is 3.80. The maximum atomic E-state index is 12.8. The summed E-state index contributed by atoms with van der Waals surface area (Å²) in [5.41, 5.74) is -0.652. The van der Waals surface area contributed by atoms with E-state index >= 15 is 0 Å². The summed E-state index contributed by atoms with van der Waals surface area (Å²) in [5, 5.41) is 2.77. The van der Waals surface area contributed by atoms with Gasteiger partial charge in [0.2, 0.25) is 15.9 Å². The van der Waals surface area contributed by atoms with Gasteiger partial charge >= 0.3 is 0 Å². The predicted molar refractivity (Wildman–Crippen MR) is 95.8 cm³/mol. The van der Waals surface area contributed by atoms with Gasteiger partial charge in [0, 0.05) is 25.3 Å². The van der Waals surface area contributed by atoms with Crippen molar-refractivity contribution in [3.05, 3.63) is 28.7 Å². The smallest absolute Gasteiger partial charge is 0.271 e. The van der Waals surface area contributed by atoms with Crippen LogP contribution in [-0.2, 0) is 21.4 Å². The lowest BCUT2D eigenvalue weighted by molar-refractivity contribution is -0.122. The number of pyridine rings is 1. The van der Waals surface area contributed by atoms with Crippen LogP contribution in [0.25, 0.3) is 0 Å². The Morgan fingerprint density at radius 1 is 1.36 bits per heavy atom. The van der Waals surface area contributed by atoms with Gasteiger partial charge in [-0.25, -0.2) is 8.42 Å². The van der Waals surface area contributed by atoms with Gasteiger partial charge in [-0.2, -0.15) is 4.31 Å². The molecule has 0 aromatic carbocycles. The van der Waals surface area contributed by atoms with Crippen molar-refractivity contribution < 1.29 is 13.2 Å². The molecule has 0 saturated carbocycles. The van der Waals surface area contributed by atoms with Crippen LogP contribution in [0.2, 0.25) is 0 Å². The summed E-state index contributed by atoms with van der Waals surface area (Å²) in [4.78, 5) is 24.3. The maximum Gasteiger partial charge on any atom is 0.271 e. The van der Waals surface area contributed by atoms with Crippen molar-refractivity contribution >= 4 is 15.9 Å². The normalized spacial score (nSPS) is 18.0. The molecule has 1 aliphatic heterocycles. The first-order valence-electron chi connectivity index (χ1n) is 8.74.